The Morgan fingerprint density at radius 1 is 1.33 bits per heavy atom. The Kier molecular flexibility index (Phi) is 2.73. The van der Waals surface area contributed by atoms with Crippen molar-refractivity contribution in [2.75, 3.05) is 0 Å². The fourth-order valence-electron chi connectivity index (χ4n) is 2.24. The molecule has 1 atom stereocenters. The van der Waals surface area contributed by atoms with Crippen LogP contribution < -0.4 is 5.43 Å². The van der Waals surface area contributed by atoms with Crippen LogP contribution in [0.1, 0.15) is 28.5 Å². The molecule has 1 aliphatic heterocycles. The summed E-state index contributed by atoms with van der Waals surface area (Å²) < 4.78 is 5.71. The maximum absolute atomic E-state index is 12.2. The molecule has 18 heavy (non-hydrogen) atoms. The first-order valence-electron chi connectivity index (χ1n) is 5.75. The third kappa shape index (κ3) is 1.76. The van der Waals surface area contributed by atoms with Crippen LogP contribution in [0.25, 0.3) is 0 Å². The molecule has 0 bridgehead atoms. The standard InChI is InChI=1S/C14H12ClNO2/c1-8-6-16-11-7-18-14(12(11)13(8)17)9-2-4-10(15)5-3-9/h2-6,14H,7H2,1H3,(H,16,17). The topological polar surface area (TPSA) is 42.1 Å². The highest BCUT2D eigenvalue weighted by molar-refractivity contribution is 6.30. The molecule has 0 fully saturated rings. The highest BCUT2D eigenvalue weighted by Crippen LogP contribution is 2.33. The van der Waals surface area contributed by atoms with Gasteiger partial charge in [-0.1, -0.05) is 23.7 Å². The number of H-pyrrole nitrogens is 1. The zero-order valence-corrected chi connectivity index (χ0v) is 10.6. The van der Waals surface area contributed by atoms with Crippen molar-refractivity contribution in [1.82, 2.24) is 4.98 Å². The maximum Gasteiger partial charge on any atom is 0.190 e. The number of nitrogens with one attached hydrogen (secondary N) is 1. The number of hydrogen-bond acceptors (Lipinski definition) is 2. The van der Waals surface area contributed by atoms with E-state index in [1.807, 2.05) is 24.3 Å². The Hall–Kier alpha value is -1.58. The first kappa shape index (κ1) is 11.5. The molecular formula is C14H12ClNO2. The van der Waals surface area contributed by atoms with Gasteiger partial charge in [-0.25, -0.2) is 0 Å². The average Bonchev–Trinajstić information content (AvgIpc) is 2.79. The smallest absolute Gasteiger partial charge is 0.190 e. The van der Waals surface area contributed by atoms with Crippen molar-refractivity contribution in [3.05, 3.63) is 68.1 Å². The van der Waals surface area contributed by atoms with Crippen LogP contribution in [0.2, 0.25) is 5.02 Å². The largest absolute Gasteiger partial charge is 0.362 e. The van der Waals surface area contributed by atoms with Crippen LogP contribution in [0.4, 0.5) is 0 Å². The Balaban J connectivity index is 2.12. The molecule has 0 amide bonds. The van der Waals surface area contributed by atoms with Gasteiger partial charge >= 0.3 is 0 Å². The Bertz CT molecular complexity index is 646. The van der Waals surface area contributed by atoms with Crippen molar-refractivity contribution in [3.63, 3.8) is 0 Å². The van der Waals surface area contributed by atoms with Crippen LogP contribution in [0.5, 0.6) is 0 Å². The van der Waals surface area contributed by atoms with Crippen molar-refractivity contribution in [2.24, 2.45) is 0 Å². The SMILES string of the molecule is Cc1c[nH]c2c(c1=O)C(c1ccc(Cl)cc1)OC2. The van der Waals surface area contributed by atoms with Crippen LogP contribution in [0.3, 0.4) is 0 Å². The molecule has 0 spiro atoms. The molecule has 2 aromatic rings. The molecule has 3 rings (SSSR count). The quantitative estimate of drug-likeness (QED) is 0.858. The minimum Gasteiger partial charge on any atom is -0.362 e. The molecule has 92 valence electrons. The molecule has 1 N–H and O–H groups in total. The van der Waals surface area contributed by atoms with Gasteiger partial charge in [0.25, 0.3) is 0 Å². The van der Waals surface area contributed by atoms with E-state index in [4.69, 9.17) is 16.3 Å². The van der Waals surface area contributed by atoms with Gasteiger partial charge in [-0.15, -0.1) is 0 Å². The highest BCUT2D eigenvalue weighted by Gasteiger charge is 2.28. The molecule has 1 aliphatic rings. The van der Waals surface area contributed by atoms with Crippen molar-refractivity contribution in [2.45, 2.75) is 19.6 Å². The number of halogens is 1. The van der Waals surface area contributed by atoms with Crippen molar-refractivity contribution in [1.29, 1.82) is 0 Å². The van der Waals surface area contributed by atoms with Gasteiger partial charge in [-0.2, -0.15) is 0 Å². The molecule has 1 aromatic heterocycles. The lowest BCUT2D eigenvalue weighted by Crippen LogP contribution is -2.16. The number of aromatic amines is 1. The summed E-state index contributed by atoms with van der Waals surface area (Å²) in [5.41, 5.74) is 3.30. The van der Waals surface area contributed by atoms with E-state index in [-0.39, 0.29) is 11.5 Å². The van der Waals surface area contributed by atoms with Crippen molar-refractivity contribution >= 4 is 11.6 Å². The molecule has 0 radical (unpaired) electrons. The van der Waals surface area contributed by atoms with E-state index < -0.39 is 0 Å². The number of pyridine rings is 1. The third-order valence-electron chi connectivity index (χ3n) is 3.22. The zero-order valence-electron chi connectivity index (χ0n) is 9.87. The minimum absolute atomic E-state index is 0.0567. The van der Waals surface area contributed by atoms with Crippen LogP contribution >= 0.6 is 11.6 Å². The predicted molar refractivity (Wildman–Crippen MR) is 69.9 cm³/mol. The van der Waals surface area contributed by atoms with Crippen LogP contribution in [0.15, 0.2) is 35.3 Å². The lowest BCUT2D eigenvalue weighted by Gasteiger charge is -2.11. The summed E-state index contributed by atoms with van der Waals surface area (Å²) in [4.78, 5) is 15.3. The number of aryl methyl sites for hydroxylation is 1. The molecule has 4 heteroatoms. The van der Waals surface area contributed by atoms with Crippen molar-refractivity contribution in [3.8, 4) is 0 Å². The summed E-state index contributed by atoms with van der Waals surface area (Å²) in [5, 5.41) is 0.676. The second-order valence-electron chi connectivity index (χ2n) is 4.44. The molecule has 3 nitrogen and oxygen atoms in total. The van der Waals surface area contributed by atoms with Crippen LogP contribution in [-0.4, -0.2) is 4.98 Å². The normalized spacial score (nSPS) is 17.8. The molecule has 2 heterocycles. The highest BCUT2D eigenvalue weighted by atomic mass is 35.5. The number of hydrogen-bond donors (Lipinski definition) is 1. The number of fused-ring (bicyclic) bond motifs is 1. The number of benzene rings is 1. The summed E-state index contributed by atoms with van der Waals surface area (Å²) in [6.45, 7) is 2.24. The fourth-order valence-corrected chi connectivity index (χ4v) is 2.36. The predicted octanol–water partition coefficient (Wildman–Crippen LogP) is 2.96. The lowest BCUT2D eigenvalue weighted by molar-refractivity contribution is 0.0925. The van der Waals surface area contributed by atoms with Gasteiger partial charge in [0.15, 0.2) is 5.43 Å². The third-order valence-corrected chi connectivity index (χ3v) is 3.47. The number of rotatable bonds is 1. The number of aromatic nitrogens is 1. The summed E-state index contributed by atoms with van der Waals surface area (Å²) in [6, 6.07) is 7.40. The van der Waals surface area contributed by atoms with E-state index in [1.54, 1.807) is 13.1 Å². The van der Waals surface area contributed by atoms with Gasteiger partial charge in [-0.05, 0) is 24.6 Å². The van der Waals surface area contributed by atoms with Crippen molar-refractivity contribution < 1.29 is 4.74 Å². The first-order chi connectivity index (χ1) is 8.66. The summed E-state index contributed by atoms with van der Waals surface area (Å²) in [7, 11) is 0. The summed E-state index contributed by atoms with van der Waals surface area (Å²) in [6.07, 6.45) is 1.44. The lowest BCUT2D eigenvalue weighted by atomic mass is 10.0. The van der Waals surface area contributed by atoms with Gasteiger partial charge in [0.2, 0.25) is 0 Å². The second kappa shape index (κ2) is 4.26. The van der Waals surface area contributed by atoms with Gasteiger partial charge < -0.3 is 9.72 Å². The van der Waals surface area contributed by atoms with E-state index in [0.717, 1.165) is 16.8 Å². The molecule has 0 saturated heterocycles. The Labute approximate surface area is 109 Å². The van der Waals surface area contributed by atoms with E-state index in [9.17, 15) is 4.79 Å². The van der Waals surface area contributed by atoms with Gasteiger partial charge in [0, 0.05) is 16.8 Å². The van der Waals surface area contributed by atoms with Gasteiger partial charge in [0.1, 0.15) is 6.10 Å². The molecule has 0 saturated carbocycles. The first-order valence-corrected chi connectivity index (χ1v) is 6.13. The number of ether oxygens (including phenoxy) is 1. The zero-order chi connectivity index (χ0) is 12.7. The van der Waals surface area contributed by atoms with Gasteiger partial charge in [-0.3, -0.25) is 4.79 Å². The van der Waals surface area contributed by atoms with Gasteiger partial charge in [0.05, 0.1) is 17.9 Å². The minimum atomic E-state index is -0.291. The molecule has 1 aromatic carbocycles. The summed E-state index contributed by atoms with van der Waals surface area (Å²) in [5.74, 6) is 0. The maximum atomic E-state index is 12.2. The second-order valence-corrected chi connectivity index (χ2v) is 4.87. The molecular weight excluding hydrogens is 250 g/mol. The average molecular weight is 262 g/mol. The fraction of sp³-hybridized carbons (Fsp3) is 0.214. The van der Waals surface area contributed by atoms with Crippen LogP contribution in [0, 0.1) is 6.92 Å². The van der Waals surface area contributed by atoms with E-state index >= 15 is 0 Å². The van der Waals surface area contributed by atoms with Crippen LogP contribution in [-0.2, 0) is 11.3 Å². The Morgan fingerprint density at radius 2 is 2.06 bits per heavy atom. The van der Waals surface area contributed by atoms with E-state index in [1.165, 1.54) is 0 Å². The van der Waals surface area contributed by atoms with E-state index in [0.29, 0.717) is 17.2 Å². The summed E-state index contributed by atoms with van der Waals surface area (Å²) >= 11 is 5.87. The molecule has 1 unspecified atom stereocenters. The Morgan fingerprint density at radius 3 is 2.78 bits per heavy atom. The molecule has 0 aliphatic carbocycles. The van der Waals surface area contributed by atoms with E-state index in [2.05, 4.69) is 4.98 Å². The monoisotopic (exact) mass is 261 g/mol.